The Morgan fingerprint density at radius 2 is 2.00 bits per heavy atom. The lowest BCUT2D eigenvalue weighted by atomic mass is 10.1. The van der Waals surface area contributed by atoms with Crippen molar-refractivity contribution in [3.05, 3.63) is 100 Å². The summed E-state index contributed by atoms with van der Waals surface area (Å²) in [7, 11) is 1.58. The standard InChI is InChI=1S/C27H25FN6O5/c1-32-23-14-21(38-11-10-33-25(35)6-3-9-29-33)7-8-24(23)39-17-22(26(32)36)31-27(37)34-16-19(15-30-34)12-18-4-2-5-20(28)13-18/h2-9,13-16,22H,10-12,17H2,1H3,(H,31,37)/t22-/m0/s1. The molecule has 0 radical (unpaired) electrons. The molecule has 39 heavy (non-hydrogen) atoms. The number of ether oxygens (including phenoxy) is 2. The van der Waals surface area contributed by atoms with Gasteiger partial charge < -0.3 is 19.7 Å². The molecule has 2 aromatic carbocycles. The van der Waals surface area contributed by atoms with Crippen molar-refractivity contribution in [1.29, 1.82) is 0 Å². The van der Waals surface area contributed by atoms with E-state index in [0.717, 1.165) is 10.2 Å². The lowest BCUT2D eigenvalue weighted by Gasteiger charge is -2.20. The van der Waals surface area contributed by atoms with Gasteiger partial charge in [0.25, 0.3) is 11.5 Å². The number of rotatable bonds is 7. The summed E-state index contributed by atoms with van der Waals surface area (Å²) in [5, 5.41) is 10.7. The number of carbonyl (C=O) groups is 2. The van der Waals surface area contributed by atoms with E-state index in [-0.39, 0.29) is 37.0 Å². The summed E-state index contributed by atoms with van der Waals surface area (Å²) >= 11 is 0. The van der Waals surface area contributed by atoms with Crippen molar-refractivity contribution < 1.29 is 23.5 Å². The zero-order chi connectivity index (χ0) is 27.4. The van der Waals surface area contributed by atoms with E-state index in [9.17, 15) is 18.8 Å². The van der Waals surface area contributed by atoms with Gasteiger partial charge in [0, 0.05) is 38.0 Å². The van der Waals surface area contributed by atoms with E-state index in [1.54, 1.807) is 43.4 Å². The number of fused-ring (bicyclic) bond motifs is 1. The van der Waals surface area contributed by atoms with Crippen LogP contribution >= 0.6 is 0 Å². The van der Waals surface area contributed by atoms with Gasteiger partial charge in [0.05, 0.1) is 18.4 Å². The average molecular weight is 533 g/mol. The normalized spacial score (nSPS) is 14.8. The number of likely N-dealkylation sites (N-methyl/N-ethyl adjacent to an activating group) is 1. The maximum Gasteiger partial charge on any atom is 0.342 e. The van der Waals surface area contributed by atoms with E-state index < -0.39 is 12.1 Å². The minimum absolute atomic E-state index is 0.0812. The van der Waals surface area contributed by atoms with Gasteiger partial charge in [-0.3, -0.25) is 9.59 Å². The first-order valence-corrected chi connectivity index (χ1v) is 12.2. The number of hydrogen-bond acceptors (Lipinski definition) is 7. The van der Waals surface area contributed by atoms with Crippen LogP contribution in [0.1, 0.15) is 11.1 Å². The van der Waals surface area contributed by atoms with E-state index in [4.69, 9.17) is 9.47 Å². The predicted octanol–water partition coefficient (Wildman–Crippen LogP) is 2.23. The Morgan fingerprint density at radius 3 is 2.82 bits per heavy atom. The fraction of sp³-hybridized carbons (Fsp3) is 0.222. The second kappa shape index (κ2) is 11.2. The van der Waals surface area contributed by atoms with E-state index in [1.807, 2.05) is 0 Å². The van der Waals surface area contributed by atoms with Crippen LogP contribution in [0.5, 0.6) is 11.5 Å². The molecule has 0 aliphatic carbocycles. The van der Waals surface area contributed by atoms with Crippen molar-refractivity contribution in [2.24, 2.45) is 0 Å². The molecule has 12 heteroatoms. The van der Waals surface area contributed by atoms with Crippen molar-refractivity contribution in [3.63, 3.8) is 0 Å². The summed E-state index contributed by atoms with van der Waals surface area (Å²) in [6.07, 6.45) is 4.97. The number of halogens is 1. The molecule has 0 saturated heterocycles. The molecule has 1 atom stereocenters. The third-order valence-corrected chi connectivity index (χ3v) is 6.12. The first-order valence-electron chi connectivity index (χ1n) is 12.2. The highest BCUT2D eigenvalue weighted by atomic mass is 19.1. The number of aromatic nitrogens is 4. The molecule has 2 amide bonds. The monoisotopic (exact) mass is 532 g/mol. The lowest BCUT2D eigenvalue weighted by molar-refractivity contribution is -0.120. The third-order valence-electron chi connectivity index (χ3n) is 6.12. The summed E-state index contributed by atoms with van der Waals surface area (Å²) in [6, 6.07) is 12.6. The zero-order valence-corrected chi connectivity index (χ0v) is 21.0. The number of anilines is 1. The molecule has 0 unspecified atom stereocenters. The van der Waals surface area contributed by atoms with Gasteiger partial charge in [-0.05, 0) is 41.5 Å². The topological polar surface area (TPSA) is 121 Å². The second-order valence-electron chi connectivity index (χ2n) is 8.87. The van der Waals surface area contributed by atoms with Crippen LogP contribution in [0.4, 0.5) is 14.9 Å². The van der Waals surface area contributed by atoms with Gasteiger partial charge in [-0.25, -0.2) is 13.9 Å². The van der Waals surface area contributed by atoms with Crippen LogP contribution in [0.3, 0.4) is 0 Å². The Hall–Kier alpha value is -5.00. The van der Waals surface area contributed by atoms with Gasteiger partial charge in [0.2, 0.25) is 0 Å². The first-order chi connectivity index (χ1) is 18.9. The summed E-state index contributed by atoms with van der Waals surface area (Å²) in [6.45, 7) is 0.369. The molecule has 1 aliphatic heterocycles. The lowest BCUT2D eigenvalue weighted by Crippen LogP contribution is -2.50. The third kappa shape index (κ3) is 5.95. The number of hydrogen-bond donors (Lipinski definition) is 1. The number of nitrogens with one attached hydrogen (secondary N) is 1. The van der Waals surface area contributed by atoms with Gasteiger partial charge in [-0.15, -0.1) is 0 Å². The van der Waals surface area contributed by atoms with Gasteiger partial charge >= 0.3 is 6.03 Å². The van der Waals surface area contributed by atoms with E-state index in [2.05, 4.69) is 15.5 Å². The Bertz CT molecular complexity index is 1570. The smallest absolute Gasteiger partial charge is 0.342 e. The molecule has 3 heterocycles. The summed E-state index contributed by atoms with van der Waals surface area (Å²) < 4.78 is 27.4. The van der Waals surface area contributed by atoms with Crippen LogP contribution in [0.25, 0.3) is 0 Å². The molecule has 1 aliphatic rings. The van der Waals surface area contributed by atoms with Crippen molar-refractivity contribution in [2.75, 3.05) is 25.2 Å². The van der Waals surface area contributed by atoms with Crippen molar-refractivity contribution >= 4 is 17.6 Å². The largest absolute Gasteiger partial charge is 0.492 e. The molecule has 0 fully saturated rings. The minimum Gasteiger partial charge on any atom is -0.492 e. The fourth-order valence-corrected chi connectivity index (χ4v) is 4.14. The maximum absolute atomic E-state index is 13.5. The van der Waals surface area contributed by atoms with Crippen LogP contribution < -0.4 is 25.2 Å². The number of carbonyl (C=O) groups excluding carboxylic acids is 2. The van der Waals surface area contributed by atoms with Gasteiger partial charge in [-0.2, -0.15) is 14.9 Å². The second-order valence-corrected chi connectivity index (χ2v) is 8.87. The average Bonchev–Trinajstić information content (AvgIpc) is 3.36. The molecular weight excluding hydrogens is 507 g/mol. The molecule has 0 bridgehead atoms. The predicted molar refractivity (Wildman–Crippen MR) is 138 cm³/mol. The van der Waals surface area contributed by atoms with Gasteiger partial charge in [0.1, 0.15) is 36.6 Å². The highest BCUT2D eigenvalue weighted by Crippen LogP contribution is 2.34. The highest BCUT2D eigenvalue weighted by Gasteiger charge is 2.31. The summed E-state index contributed by atoms with van der Waals surface area (Å²) in [5.41, 5.74) is 1.70. The SMILES string of the molecule is CN1C(=O)[C@@H](NC(=O)n2cc(Cc3cccc(F)c3)cn2)COc2ccc(OCCn3ncccc3=O)cc21. The molecule has 4 aromatic rings. The van der Waals surface area contributed by atoms with Gasteiger partial charge in [0.15, 0.2) is 0 Å². The van der Waals surface area contributed by atoms with E-state index in [0.29, 0.717) is 29.2 Å². The van der Waals surface area contributed by atoms with Crippen molar-refractivity contribution in [3.8, 4) is 11.5 Å². The Morgan fingerprint density at radius 1 is 1.13 bits per heavy atom. The number of nitrogens with zero attached hydrogens (tertiary/aromatic N) is 5. The van der Waals surface area contributed by atoms with Gasteiger partial charge in [-0.1, -0.05) is 12.1 Å². The van der Waals surface area contributed by atoms with Crippen LogP contribution in [0.2, 0.25) is 0 Å². The number of benzene rings is 2. The van der Waals surface area contributed by atoms with E-state index >= 15 is 0 Å². The van der Waals surface area contributed by atoms with Crippen LogP contribution in [0, 0.1) is 5.82 Å². The molecule has 1 N–H and O–H groups in total. The maximum atomic E-state index is 13.5. The molecular formula is C27H25FN6O5. The molecule has 2 aromatic heterocycles. The Balaban J connectivity index is 1.21. The fourth-order valence-electron chi connectivity index (χ4n) is 4.14. The summed E-state index contributed by atoms with van der Waals surface area (Å²) in [5.74, 6) is 0.208. The van der Waals surface area contributed by atoms with E-state index in [1.165, 1.54) is 46.4 Å². The molecule has 0 saturated carbocycles. The molecule has 5 rings (SSSR count). The molecule has 11 nitrogen and oxygen atoms in total. The number of amides is 2. The Kier molecular flexibility index (Phi) is 7.34. The minimum atomic E-state index is -0.967. The van der Waals surface area contributed by atoms with Crippen molar-refractivity contribution in [1.82, 2.24) is 24.9 Å². The molecule has 0 spiro atoms. The van der Waals surface area contributed by atoms with Crippen LogP contribution in [0.15, 0.2) is 78.0 Å². The van der Waals surface area contributed by atoms with Crippen LogP contribution in [-0.2, 0) is 17.8 Å². The van der Waals surface area contributed by atoms with Crippen molar-refractivity contribution in [2.45, 2.75) is 19.0 Å². The Labute approximate surface area is 222 Å². The quantitative estimate of drug-likeness (QED) is 0.388. The zero-order valence-electron chi connectivity index (χ0n) is 21.0. The summed E-state index contributed by atoms with van der Waals surface area (Å²) in [4.78, 5) is 39.2. The van der Waals surface area contributed by atoms with Crippen LogP contribution in [-0.4, -0.2) is 57.8 Å². The highest BCUT2D eigenvalue weighted by molar-refractivity contribution is 6.00. The molecule has 200 valence electrons. The first kappa shape index (κ1) is 25.6.